The Balaban J connectivity index is 2.76. The Bertz CT molecular complexity index is 247. The van der Waals surface area contributed by atoms with E-state index in [0.29, 0.717) is 17.7 Å². The molecule has 1 fully saturated rings. The summed E-state index contributed by atoms with van der Waals surface area (Å²) in [6.45, 7) is 9.16. The van der Waals surface area contributed by atoms with Gasteiger partial charge in [-0.25, -0.2) is 0 Å². The predicted molar refractivity (Wildman–Crippen MR) is 71.9 cm³/mol. The molecule has 96 valence electrons. The molecule has 1 aliphatic rings. The standard InChI is InChI=1S/C13H27NOS/c1-5-10-6-7-11(9-14)12(8-10)16(15)13(2,3)4/h10-12H,5-9,14H2,1-4H3. The van der Waals surface area contributed by atoms with Crippen molar-refractivity contribution in [3.63, 3.8) is 0 Å². The molecule has 0 heterocycles. The maximum Gasteiger partial charge on any atom is 0.0396 e. The maximum absolute atomic E-state index is 12.5. The molecule has 16 heavy (non-hydrogen) atoms. The number of rotatable bonds is 3. The van der Waals surface area contributed by atoms with Gasteiger partial charge in [0, 0.05) is 20.8 Å². The Hall–Kier alpha value is 0.110. The molecule has 4 atom stereocenters. The molecule has 0 aromatic carbocycles. The Morgan fingerprint density at radius 2 is 1.94 bits per heavy atom. The monoisotopic (exact) mass is 245 g/mol. The van der Waals surface area contributed by atoms with Crippen LogP contribution in [0.15, 0.2) is 0 Å². The van der Waals surface area contributed by atoms with Gasteiger partial charge in [-0.3, -0.25) is 4.21 Å². The zero-order valence-electron chi connectivity index (χ0n) is 11.2. The third-order valence-corrected chi connectivity index (χ3v) is 6.13. The Kier molecular flexibility index (Phi) is 4.99. The first-order valence-electron chi connectivity index (χ1n) is 6.50. The first kappa shape index (κ1) is 14.2. The highest BCUT2D eigenvalue weighted by Crippen LogP contribution is 2.36. The van der Waals surface area contributed by atoms with E-state index in [2.05, 4.69) is 27.7 Å². The van der Waals surface area contributed by atoms with Gasteiger partial charge in [-0.1, -0.05) is 19.8 Å². The normalized spacial score (nSPS) is 33.7. The van der Waals surface area contributed by atoms with Crippen LogP contribution in [0.5, 0.6) is 0 Å². The van der Waals surface area contributed by atoms with Crippen LogP contribution in [0.25, 0.3) is 0 Å². The fourth-order valence-corrected chi connectivity index (χ4v) is 4.58. The molecule has 0 bridgehead atoms. The maximum atomic E-state index is 12.5. The lowest BCUT2D eigenvalue weighted by Gasteiger charge is -2.38. The van der Waals surface area contributed by atoms with Gasteiger partial charge in [0.25, 0.3) is 0 Å². The summed E-state index contributed by atoms with van der Waals surface area (Å²) in [5.41, 5.74) is 5.83. The lowest BCUT2D eigenvalue weighted by Crippen LogP contribution is -2.42. The summed E-state index contributed by atoms with van der Waals surface area (Å²) in [4.78, 5) is 0. The highest BCUT2D eigenvalue weighted by atomic mass is 32.2. The number of nitrogens with two attached hydrogens (primary N) is 1. The van der Waals surface area contributed by atoms with Gasteiger partial charge in [-0.2, -0.15) is 0 Å². The second kappa shape index (κ2) is 5.63. The van der Waals surface area contributed by atoms with Crippen LogP contribution in [0.3, 0.4) is 0 Å². The average Bonchev–Trinajstić information content (AvgIpc) is 2.25. The molecule has 2 N–H and O–H groups in total. The Morgan fingerprint density at radius 3 is 2.38 bits per heavy atom. The van der Waals surface area contributed by atoms with Gasteiger partial charge in [0.1, 0.15) is 0 Å². The molecular weight excluding hydrogens is 218 g/mol. The fraction of sp³-hybridized carbons (Fsp3) is 1.00. The third-order valence-electron chi connectivity index (χ3n) is 3.80. The van der Waals surface area contributed by atoms with Crippen LogP contribution in [0, 0.1) is 11.8 Å². The van der Waals surface area contributed by atoms with E-state index in [1.165, 1.54) is 19.3 Å². The molecule has 1 aliphatic carbocycles. The van der Waals surface area contributed by atoms with Gasteiger partial charge in [-0.05, 0) is 52.0 Å². The molecule has 2 nitrogen and oxygen atoms in total. The molecule has 4 unspecified atom stereocenters. The summed E-state index contributed by atoms with van der Waals surface area (Å²) >= 11 is 0. The van der Waals surface area contributed by atoms with Crippen LogP contribution < -0.4 is 5.73 Å². The third kappa shape index (κ3) is 3.30. The van der Waals surface area contributed by atoms with Crippen molar-refractivity contribution < 1.29 is 4.21 Å². The quantitative estimate of drug-likeness (QED) is 0.831. The molecule has 0 saturated heterocycles. The van der Waals surface area contributed by atoms with Gasteiger partial charge >= 0.3 is 0 Å². The molecule has 1 rings (SSSR count). The molecule has 0 aromatic rings. The average molecular weight is 245 g/mol. The summed E-state index contributed by atoms with van der Waals surface area (Å²) in [5, 5.41) is 0.323. The molecule has 0 radical (unpaired) electrons. The van der Waals surface area contributed by atoms with Crippen molar-refractivity contribution in [2.24, 2.45) is 17.6 Å². The summed E-state index contributed by atoms with van der Waals surface area (Å²) in [7, 11) is -0.756. The summed E-state index contributed by atoms with van der Waals surface area (Å²) in [5.74, 6) is 1.24. The fourth-order valence-electron chi connectivity index (χ4n) is 2.63. The first-order chi connectivity index (χ1) is 7.40. The van der Waals surface area contributed by atoms with Crippen LogP contribution in [0.4, 0.5) is 0 Å². The van der Waals surface area contributed by atoms with E-state index in [0.717, 1.165) is 12.3 Å². The molecule has 1 saturated carbocycles. The topological polar surface area (TPSA) is 43.1 Å². The SMILES string of the molecule is CCC1CCC(CN)C(S(=O)C(C)(C)C)C1. The molecule has 0 amide bonds. The van der Waals surface area contributed by atoms with E-state index < -0.39 is 10.8 Å². The lowest BCUT2D eigenvalue weighted by atomic mass is 9.80. The minimum atomic E-state index is -0.756. The second-order valence-corrected chi connectivity index (χ2v) is 8.46. The lowest BCUT2D eigenvalue weighted by molar-refractivity contribution is 0.278. The largest absolute Gasteiger partial charge is 0.330 e. The van der Waals surface area contributed by atoms with Crippen LogP contribution in [-0.4, -0.2) is 20.8 Å². The highest BCUT2D eigenvalue weighted by molar-refractivity contribution is 7.87. The van der Waals surface area contributed by atoms with Gasteiger partial charge in [0.05, 0.1) is 0 Å². The number of hydrogen-bond donors (Lipinski definition) is 1. The van der Waals surface area contributed by atoms with E-state index >= 15 is 0 Å². The summed E-state index contributed by atoms with van der Waals surface area (Å²) in [6.07, 6.45) is 4.77. The second-order valence-electron chi connectivity index (χ2n) is 6.03. The van der Waals surface area contributed by atoms with Gasteiger partial charge in [0.15, 0.2) is 0 Å². The molecule has 3 heteroatoms. The van der Waals surface area contributed by atoms with Gasteiger partial charge < -0.3 is 5.73 Å². The van der Waals surface area contributed by atoms with Gasteiger partial charge in [0.2, 0.25) is 0 Å². The molecule has 0 aromatic heterocycles. The summed E-state index contributed by atoms with van der Waals surface area (Å²) in [6, 6.07) is 0. The van der Waals surface area contributed by atoms with Crippen LogP contribution in [-0.2, 0) is 10.8 Å². The van der Waals surface area contributed by atoms with E-state index in [1.807, 2.05) is 0 Å². The van der Waals surface area contributed by atoms with E-state index in [-0.39, 0.29) is 4.75 Å². The van der Waals surface area contributed by atoms with Crippen molar-refractivity contribution in [2.45, 2.75) is 63.4 Å². The zero-order valence-corrected chi connectivity index (χ0v) is 12.0. The van der Waals surface area contributed by atoms with Crippen molar-refractivity contribution in [3.05, 3.63) is 0 Å². The first-order valence-corrected chi connectivity index (χ1v) is 7.72. The Morgan fingerprint density at radius 1 is 1.31 bits per heavy atom. The van der Waals surface area contributed by atoms with Crippen molar-refractivity contribution in [2.75, 3.05) is 6.54 Å². The van der Waals surface area contributed by atoms with Crippen LogP contribution in [0.2, 0.25) is 0 Å². The van der Waals surface area contributed by atoms with Crippen LogP contribution >= 0.6 is 0 Å². The molecule has 0 aliphatic heterocycles. The highest BCUT2D eigenvalue weighted by Gasteiger charge is 2.37. The molecule has 0 spiro atoms. The van der Waals surface area contributed by atoms with Gasteiger partial charge in [-0.15, -0.1) is 0 Å². The van der Waals surface area contributed by atoms with Crippen molar-refractivity contribution >= 4 is 10.8 Å². The van der Waals surface area contributed by atoms with Crippen molar-refractivity contribution in [1.82, 2.24) is 0 Å². The molecular formula is C13H27NOS. The number of hydrogen-bond acceptors (Lipinski definition) is 2. The van der Waals surface area contributed by atoms with E-state index in [9.17, 15) is 4.21 Å². The smallest absolute Gasteiger partial charge is 0.0396 e. The van der Waals surface area contributed by atoms with E-state index in [4.69, 9.17) is 5.73 Å². The minimum Gasteiger partial charge on any atom is -0.330 e. The van der Waals surface area contributed by atoms with E-state index in [1.54, 1.807) is 0 Å². The Labute approximate surface area is 103 Å². The predicted octanol–water partition coefficient (Wildman–Crippen LogP) is 2.69. The summed E-state index contributed by atoms with van der Waals surface area (Å²) < 4.78 is 12.4. The minimum absolute atomic E-state index is 0.103. The van der Waals surface area contributed by atoms with Crippen molar-refractivity contribution in [3.8, 4) is 0 Å². The van der Waals surface area contributed by atoms with Crippen LogP contribution in [0.1, 0.15) is 53.4 Å². The zero-order chi connectivity index (χ0) is 12.3. The van der Waals surface area contributed by atoms with Crippen molar-refractivity contribution in [1.29, 1.82) is 0 Å².